The molecule has 1 unspecified atom stereocenters. The molecule has 3 aromatic carbocycles. The van der Waals surface area contributed by atoms with Gasteiger partial charge in [0, 0.05) is 17.1 Å². The minimum absolute atomic E-state index is 0.159. The van der Waals surface area contributed by atoms with Gasteiger partial charge in [-0.1, -0.05) is 61.0 Å². The molecular formula is C28H30N2O3. The van der Waals surface area contributed by atoms with Crippen molar-refractivity contribution in [1.82, 2.24) is 10.3 Å². The predicted molar refractivity (Wildman–Crippen MR) is 133 cm³/mol. The molecule has 1 atom stereocenters. The van der Waals surface area contributed by atoms with Gasteiger partial charge in [-0.05, 0) is 54.7 Å². The average Bonchev–Trinajstić information content (AvgIpc) is 3.25. The Bertz CT molecular complexity index is 1240. The van der Waals surface area contributed by atoms with Gasteiger partial charge in [-0.25, -0.2) is 0 Å². The number of hydrogen-bond donors (Lipinski definition) is 3. The minimum atomic E-state index is -0.418. The molecule has 0 bridgehead atoms. The molecule has 0 spiro atoms. The van der Waals surface area contributed by atoms with Crippen LogP contribution in [-0.4, -0.2) is 35.3 Å². The lowest BCUT2D eigenvalue weighted by atomic mass is 10.00. The van der Waals surface area contributed by atoms with Crippen molar-refractivity contribution in [2.24, 2.45) is 0 Å². The van der Waals surface area contributed by atoms with Crippen LogP contribution >= 0.6 is 0 Å². The fourth-order valence-corrected chi connectivity index (χ4v) is 4.04. The van der Waals surface area contributed by atoms with E-state index in [0.29, 0.717) is 24.3 Å². The lowest BCUT2D eigenvalue weighted by Crippen LogP contribution is -2.39. The summed E-state index contributed by atoms with van der Waals surface area (Å²) in [5.74, 6) is 0.295. The van der Waals surface area contributed by atoms with Crippen molar-refractivity contribution in [2.45, 2.75) is 32.7 Å². The SMILES string of the molecule is CCCOc1ccc(-c2cccc(C)c2)cc1C(=O)NC(CO)Cc1c[nH]c2ccccc12. The second kappa shape index (κ2) is 10.4. The fraction of sp³-hybridized carbons (Fsp3) is 0.250. The highest BCUT2D eigenvalue weighted by Crippen LogP contribution is 2.28. The van der Waals surface area contributed by atoms with E-state index in [1.807, 2.05) is 80.7 Å². The number of nitrogens with one attached hydrogen (secondary N) is 2. The summed E-state index contributed by atoms with van der Waals surface area (Å²) in [6.07, 6.45) is 3.31. The number of carbonyl (C=O) groups is 1. The van der Waals surface area contributed by atoms with Crippen molar-refractivity contribution >= 4 is 16.8 Å². The second-order valence-corrected chi connectivity index (χ2v) is 8.35. The molecule has 0 saturated heterocycles. The Hall–Kier alpha value is -3.57. The van der Waals surface area contributed by atoms with Gasteiger partial charge in [0.1, 0.15) is 5.75 Å². The van der Waals surface area contributed by atoms with Gasteiger partial charge < -0.3 is 20.1 Å². The van der Waals surface area contributed by atoms with E-state index >= 15 is 0 Å². The van der Waals surface area contributed by atoms with E-state index < -0.39 is 6.04 Å². The molecule has 33 heavy (non-hydrogen) atoms. The van der Waals surface area contributed by atoms with Crippen molar-refractivity contribution in [1.29, 1.82) is 0 Å². The van der Waals surface area contributed by atoms with E-state index in [0.717, 1.165) is 39.6 Å². The number of aryl methyl sites for hydroxylation is 1. The smallest absolute Gasteiger partial charge is 0.255 e. The molecule has 0 saturated carbocycles. The summed E-state index contributed by atoms with van der Waals surface area (Å²) in [6, 6.07) is 21.5. The van der Waals surface area contributed by atoms with Crippen LogP contribution in [-0.2, 0) is 6.42 Å². The topological polar surface area (TPSA) is 74.3 Å². The highest BCUT2D eigenvalue weighted by Gasteiger charge is 2.19. The highest BCUT2D eigenvalue weighted by atomic mass is 16.5. The zero-order valence-electron chi connectivity index (χ0n) is 19.1. The molecule has 3 N–H and O–H groups in total. The summed E-state index contributed by atoms with van der Waals surface area (Å²) >= 11 is 0. The monoisotopic (exact) mass is 442 g/mol. The molecule has 0 aliphatic carbocycles. The first-order valence-corrected chi connectivity index (χ1v) is 11.4. The Morgan fingerprint density at radius 1 is 1.06 bits per heavy atom. The molecule has 1 amide bonds. The normalized spacial score (nSPS) is 12.0. The lowest BCUT2D eigenvalue weighted by Gasteiger charge is -2.18. The molecule has 5 heteroatoms. The summed E-state index contributed by atoms with van der Waals surface area (Å²) < 4.78 is 5.87. The molecular weight excluding hydrogens is 412 g/mol. The summed E-state index contributed by atoms with van der Waals surface area (Å²) in [7, 11) is 0. The van der Waals surface area contributed by atoms with E-state index in [2.05, 4.69) is 16.4 Å². The van der Waals surface area contributed by atoms with Gasteiger partial charge in [0.2, 0.25) is 0 Å². The third-order valence-corrected chi connectivity index (χ3v) is 5.73. The van der Waals surface area contributed by atoms with Gasteiger partial charge in [0.05, 0.1) is 24.8 Å². The van der Waals surface area contributed by atoms with Gasteiger partial charge in [-0.3, -0.25) is 4.79 Å². The van der Waals surface area contributed by atoms with Crippen LogP contribution in [0.5, 0.6) is 5.75 Å². The Labute approximate surface area is 194 Å². The number of aliphatic hydroxyl groups is 1. The van der Waals surface area contributed by atoms with E-state index in [1.165, 1.54) is 0 Å². The zero-order chi connectivity index (χ0) is 23.2. The molecule has 4 aromatic rings. The number of aromatic nitrogens is 1. The molecule has 0 aliphatic heterocycles. The largest absolute Gasteiger partial charge is 0.493 e. The minimum Gasteiger partial charge on any atom is -0.493 e. The summed E-state index contributed by atoms with van der Waals surface area (Å²) in [4.78, 5) is 16.6. The first kappa shape index (κ1) is 22.6. The van der Waals surface area contributed by atoms with Crippen molar-refractivity contribution < 1.29 is 14.6 Å². The van der Waals surface area contributed by atoms with Crippen LogP contribution in [0.3, 0.4) is 0 Å². The van der Waals surface area contributed by atoms with Crippen molar-refractivity contribution in [3.63, 3.8) is 0 Å². The number of aliphatic hydroxyl groups excluding tert-OH is 1. The number of amides is 1. The summed E-state index contributed by atoms with van der Waals surface area (Å²) in [5, 5.41) is 14.1. The maximum atomic E-state index is 13.3. The van der Waals surface area contributed by atoms with Gasteiger partial charge in [0.25, 0.3) is 5.91 Å². The van der Waals surface area contributed by atoms with Crippen molar-refractivity contribution in [3.8, 4) is 16.9 Å². The van der Waals surface area contributed by atoms with Gasteiger partial charge in [-0.2, -0.15) is 0 Å². The van der Waals surface area contributed by atoms with Gasteiger partial charge >= 0.3 is 0 Å². The van der Waals surface area contributed by atoms with Crippen LogP contribution in [0.25, 0.3) is 22.0 Å². The van der Waals surface area contributed by atoms with Gasteiger partial charge in [0.15, 0.2) is 0 Å². The van der Waals surface area contributed by atoms with Crippen LogP contribution in [0.1, 0.15) is 34.8 Å². The first-order chi connectivity index (χ1) is 16.1. The lowest BCUT2D eigenvalue weighted by molar-refractivity contribution is 0.0912. The Morgan fingerprint density at radius 2 is 1.88 bits per heavy atom. The number of H-pyrrole nitrogens is 1. The fourth-order valence-electron chi connectivity index (χ4n) is 4.04. The third kappa shape index (κ3) is 5.26. The quantitative estimate of drug-likeness (QED) is 0.331. The third-order valence-electron chi connectivity index (χ3n) is 5.73. The number of rotatable bonds is 9. The first-order valence-electron chi connectivity index (χ1n) is 11.4. The van der Waals surface area contributed by atoms with Crippen LogP contribution in [0.15, 0.2) is 72.9 Å². The Morgan fingerprint density at radius 3 is 2.67 bits per heavy atom. The molecule has 4 rings (SSSR count). The number of benzene rings is 3. The molecule has 5 nitrogen and oxygen atoms in total. The number of hydrogen-bond acceptors (Lipinski definition) is 3. The van der Waals surface area contributed by atoms with E-state index in [-0.39, 0.29) is 12.5 Å². The Balaban J connectivity index is 1.59. The van der Waals surface area contributed by atoms with E-state index in [4.69, 9.17) is 4.74 Å². The second-order valence-electron chi connectivity index (χ2n) is 8.35. The molecule has 1 heterocycles. The van der Waals surface area contributed by atoms with Crippen LogP contribution < -0.4 is 10.1 Å². The maximum Gasteiger partial charge on any atom is 0.255 e. The predicted octanol–water partition coefficient (Wildman–Crippen LogP) is 5.27. The maximum absolute atomic E-state index is 13.3. The Kier molecular flexibility index (Phi) is 7.10. The summed E-state index contributed by atoms with van der Waals surface area (Å²) in [6.45, 7) is 4.45. The zero-order valence-corrected chi connectivity index (χ0v) is 19.1. The van der Waals surface area contributed by atoms with E-state index in [9.17, 15) is 9.90 Å². The number of para-hydroxylation sites is 1. The number of fused-ring (bicyclic) bond motifs is 1. The number of carbonyl (C=O) groups excluding carboxylic acids is 1. The van der Waals surface area contributed by atoms with Crippen LogP contribution in [0.2, 0.25) is 0 Å². The van der Waals surface area contributed by atoms with Gasteiger partial charge in [-0.15, -0.1) is 0 Å². The van der Waals surface area contributed by atoms with Crippen molar-refractivity contribution in [3.05, 3.63) is 89.6 Å². The summed E-state index contributed by atoms with van der Waals surface area (Å²) in [5.41, 5.74) is 5.72. The van der Waals surface area contributed by atoms with Crippen LogP contribution in [0.4, 0.5) is 0 Å². The highest BCUT2D eigenvalue weighted by molar-refractivity contribution is 5.98. The molecule has 0 fully saturated rings. The molecule has 1 aromatic heterocycles. The molecule has 170 valence electrons. The van der Waals surface area contributed by atoms with Crippen LogP contribution in [0, 0.1) is 6.92 Å². The average molecular weight is 443 g/mol. The standard InChI is InChI=1S/C28H30N2O3/c1-3-13-33-27-12-11-21(20-8-6-7-19(2)14-20)16-25(27)28(32)30-23(18-31)15-22-17-29-26-10-5-4-9-24(22)26/h4-12,14,16-17,23,29,31H,3,13,15,18H2,1-2H3,(H,30,32). The molecule has 0 aliphatic rings. The van der Waals surface area contributed by atoms with E-state index in [1.54, 1.807) is 0 Å². The number of ether oxygens (including phenoxy) is 1. The number of aromatic amines is 1. The van der Waals surface area contributed by atoms with Crippen molar-refractivity contribution in [2.75, 3.05) is 13.2 Å². The molecule has 0 radical (unpaired) electrons.